The zero-order chi connectivity index (χ0) is 82.3. The first kappa shape index (κ1) is 81.3. The summed E-state index contributed by atoms with van der Waals surface area (Å²) >= 11 is 0. The minimum Gasteiger partial charge on any atom is -0.508 e. The number of hydrogen-bond donors (Lipinski definition) is 6. The van der Waals surface area contributed by atoms with Crippen molar-refractivity contribution in [3.05, 3.63) is 279 Å². The lowest BCUT2D eigenvalue weighted by Gasteiger charge is -2.40. The number of piperazine rings is 2. The molecule has 0 radical (unpaired) electrons. The minimum atomic E-state index is -4.00. The number of anilines is 4. The molecule has 6 saturated heterocycles. The number of aldehydes is 1. The van der Waals surface area contributed by atoms with Crippen LogP contribution in [0.25, 0.3) is 0 Å². The first-order valence-electron chi connectivity index (χ1n) is 42.2. The second-order valence-electron chi connectivity index (χ2n) is 33.2. The van der Waals surface area contributed by atoms with Crippen LogP contribution in [0.5, 0.6) is 11.5 Å². The van der Waals surface area contributed by atoms with Crippen LogP contribution in [0.3, 0.4) is 0 Å². The van der Waals surface area contributed by atoms with Crippen LogP contribution in [0.15, 0.2) is 217 Å². The zero-order valence-corrected chi connectivity index (χ0v) is 67.9. The van der Waals surface area contributed by atoms with E-state index in [0.29, 0.717) is 66.3 Å². The number of aromatic hydroxyl groups is 2. The molecule has 8 aliphatic heterocycles. The Balaban J connectivity index is 0.000000136. The predicted molar refractivity (Wildman–Crippen MR) is 459 cm³/mol. The number of benzene rings is 9. The number of piperidine rings is 4. The van der Waals surface area contributed by atoms with Crippen molar-refractivity contribution in [2.45, 2.75) is 131 Å². The maximum atomic E-state index is 13.1. The van der Waals surface area contributed by atoms with Crippen molar-refractivity contribution in [1.29, 1.82) is 0 Å². The Morgan fingerprint density at radius 1 is 0.395 bits per heavy atom. The summed E-state index contributed by atoms with van der Waals surface area (Å²) in [6, 6.07) is 70.2. The predicted octanol–water partition coefficient (Wildman–Crippen LogP) is 12.5. The first-order valence-corrected chi connectivity index (χ1v) is 43.7. The molecule has 616 valence electrons. The second-order valence-corrected chi connectivity index (χ2v) is 34.6. The van der Waals surface area contributed by atoms with Gasteiger partial charge in [-0.15, -0.1) is 0 Å². The largest absolute Gasteiger partial charge is 0.508 e. The van der Waals surface area contributed by atoms with E-state index in [-0.39, 0.29) is 70.9 Å². The lowest BCUT2D eigenvalue weighted by Crippen LogP contribution is -2.52. The number of carbonyl (C=O) groups is 7. The van der Waals surface area contributed by atoms with Gasteiger partial charge in [-0.3, -0.25) is 48.9 Å². The summed E-state index contributed by atoms with van der Waals surface area (Å²) < 4.78 is 29.2. The number of phenols is 2. The van der Waals surface area contributed by atoms with Gasteiger partial charge in [0, 0.05) is 163 Å². The third-order valence-corrected chi connectivity index (χ3v) is 26.9. The number of phenolic OH excluding ortho intramolecular Hbond substituents is 2. The van der Waals surface area contributed by atoms with Gasteiger partial charge in [0.05, 0.1) is 4.90 Å². The van der Waals surface area contributed by atoms with Crippen LogP contribution >= 0.6 is 0 Å². The molecular formula is C96H104N10O12S. The number of fused-ring (bicyclic) bond motifs is 4. The monoisotopic (exact) mass is 1620 g/mol. The molecule has 22 nitrogen and oxygen atoms in total. The van der Waals surface area contributed by atoms with Crippen LogP contribution in [0, 0.1) is 11.8 Å². The van der Waals surface area contributed by atoms with E-state index in [1.807, 2.05) is 48.5 Å². The number of hydrogen-bond acceptors (Lipinski definition) is 17. The Hall–Kier alpha value is -11.5. The SMILES string of the molecule is O=C1CC[C@H](N2Cc3cc(N4CCN(CC5CCN(c6ccc([C@@H]7c8ccc(O)cc8CC[C@@H]7c7ccccc7)cc6)CC5)CC4)ccc3C2=O)C(=O)N1.O=C1CC[C@H](N2Cc3cc(N4CCNCC4)ccc3C2=O)C(=O)N1.O=CC1CCN(c2ccc([C@@H]3c4ccc(O)cc4CC[C@@H]3c3ccccc3)cc2)CC1.O=S(=O)(O)c1ccccc1. The van der Waals surface area contributed by atoms with Gasteiger partial charge in [0.1, 0.15) is 29.9 Å². The molecule has 119 heavy (non-hydrogen) atoms. The van der Waals surface area contributed by atoms with Crippen LogP contribution in [-0.4, -0.2) is 177 Å². The molecule has 19 rings (SSSR count). The summed E-state index contributed by atoms with van der Waals surface area (Å²) in [5.41, 5.74) is 18.7. The highest BCUT2D eigenvalue weighted by Gasteiger charge is 2.42. The van der Waals surface area contributed by atoms with Crippen LogP contribution in [-0.2, 0) is 60.0 Å². The summed E-state index contributed by atoms with van der Waals surface area (Å²) in [7, 11) is -4.00. The van der Waals surface area contributed by atoms with Crippen molar-refractivity contribution >= 4 is 74.6 Å². The highest BCUT2D eigenvalue weighted by molar-refractivity contribution is 7.85. The van der Waals surface area contributed by atoms with Gasteiger partial charge in [0.25, 0.3) is 21.9 Å². The van der Waals surface area contributed by atoms with Crippen LogP contribution in [0.4, 0.5) is 22.7 Å². The van der Waals surface area contributed by atoms with Gasteiger partial charge < -0.3 is 49.7 Å². The molecule has 2 aliphatic carbocycles. The molecule has 9 aromatic rings. The topological polar surface area (TPSA) is 273 Å². The number of carbonyl (C=O) groups excluding carboxylic acids is 7. The molecule has 0 unspecified atom stereocenters. The third-order valence-electron chi connectivity index (χ3n) is 26.0. The highest BCUT2D eigenvalue weighted by Crippen LogP contribution is 2.50. The zero-order valence-electron chi connectivity index (χ0n) is 67.0. The van der Waals surface area contributed by atoms with Gasteiger partial charge in [-0.25, -0.2) is 0 Å². The van der Waals surface area contributed by atoms with Gasteiger partial charge in [-0.1, -0.05) is 115 Å². The van der Waals surface area contributed by atoms with Gasteiger partial charge in [0.15, 0.2) is 0 Å². The van der Waals surface area contributed by atoms with Crippen molar-refractivity contribution in [1.82, 2.24) is 30.7 Å². The van der Waals surface area contributed by atoms with E-state index >= 15 is 0 Å². The number of rotatable bonds is 14. The molecule has 6 N–H and O–H groups in total. The van der Waals surface area contributed by atoms with Crippen LogP contribution in [0.2, 0.25) is 0 Å². The molecule has 6 atom stereocenters. The smallest absolute Gasteiger partial charge is 0.294 e. The minimum absolute atomic E-state index is 0.0741. The summed E-state index contributed by atoms with van der Waals surface area (Å²) in [6.45, 7) is 13.8. The lowest BCUT2D eigenvalue weighted by molar-refractivity contribution is -0.138. The van der Waals surface area contributed by atoms with Crippen LogP contribution in [0.1, 0.15) is 164 Å². The molecule has 0 spiro atoms. The summed E-state index contributed by atoms with van der Waals surface area (Å²) in [5.74, 6) is 1.48. The molecular weight excluding hydrogens is 1520 g/mol. The Bertz CT molecular complexity index is 5280. The number of nitrogens with zero attached hydrogens (tertiary/aromatic N) is 7. The van der Waals surface area contributed by atoms with Crippen molar-refractivity contribution in [2.24, 2.45) is 11.8 Å². The number of nitrogens with one attached hydrogen (secondary N) is 3. The molecule has 0 bridgehead atoms. The molecule has 23 heteroatoms. The van der Waals surface area contributed by atoms with E-state index in [0.717, 1.165) is 152 Å². The fraction of sp³-hybridized carbons (Fsp3) is 0.365. The van der Waals surface area contributed by atoms with E-state index in [9.17, 15) is 52.2 Å². The third kappa shape index (κ3) is 18.5. The molecule has 10 aliphatic rings. The van der Waals surface area contributed by atoms with Gasteiger partial charge >= 0.3 is 0 Å². The van der Waals surface area contributed by atoms with Crippen LogP contribution < -0.4 is 35.6 Å². The standard InChI is InChI=1S/C45H49N5O4.C28H29NO2.C17H20N4O3.C6H6O3S/c51-37-12-15-39-33(27-37)8-13-38(31-4-2-1-3-5-31)43(39)32-6-9-35(10-7-32)48-20-18-30(19-21-48)28-47-22-24-49(25-23-47)36-11-14-40-34(26-36)29-50(45(40)54)41-16-17-42(52)46-44(41)53;30-19-20-14-16-29(17-15-20)24-9-6-22(7-10-24)28-26(21-4-2-1-3-5-21)12-8-23-18-25(31)11-13-27(23)28;22-15-4-3-14(16(23)19-15)21-10-11-9-12(1-2-13(11)17(21)24)20-7-5-18-6-8-20;7-10(8,9)6-4-2-1-3-5-6/h1-7,9-12,14-15,26-27,30,38,41,43,51H,8,13,16-25,28-29H2,(H,46,52,53);1-7,9-11,13,18-20,26,28,31H,8,12,14-17H2;1-2,9,14,18H,3-8,10H2,(H,19,22,23);1-5H,(H,7,8,9)/t38-,41+,43+;26-,28+;14-;/m110./s1. The molecule has 0 aromatic heterocycles. The number of aryl methyl sites for hydroxylation is 2. The Morgan fingerprint density at radius 3 is 1.23 bits per heavy atom. The van der Waals surface area contributed by atoms with E-state index in [1.165, 1.54) is 80.9 Å². The first-order chi connectivity index (χ1) is 57.8. The van der Waals surface area contributed by atoms with Crippen molar-refractivity contribution in [2.75, 3.05) is 105 Å². The van der Waals surface area contributed by atoms with Gasteiger partial charge in [-0.2, -0.15) is 8.42 Å². The molecule has 6 amide bonds. The summed E-state index contributed by atoms with van der Waals surface area (Å²) in [5, 5.41) is 28.3. The van der Waals surface area contributed by atoms with E-state index in [4.69, 9.17) is 4.55 Å². The maximum Gasteiger partial charge on any atom is 0.294 e. The van der Waals surface area contributed by atoms with Gasteiger partial charge in [-0.05, 0) is 235 Å². The summed E-state index contributed by atoms with van der Waals surface area (Å²) in [6.07, 6.45) is 10.8. The molecule has 6 fully saturated rings. The maximum absolute atomic E-state index is 13.1. The summed E-state index contributed by atoms with van der Waals surface area (Å²) in [4.78, 5) is 99.7. The highest BCUT2D eigenvalue weighted by atomic mass is 32.2. The fourth-order valence-corrected chi connectivity index (χ4v) is 20.1. The number of amides is 6. The lowest BCUT2D eigenvalue weighted by atomic mass is 9.69. The van der Waals surface area contributed by atoms with E-state index < -0.39 is 22.2 Å². The average Bonchev–Trinajstić information content (AvgIpc) is 1.61. The fourth-order valence-electron chi connectivity index (χ4n) is 19.6. The van der Waals surface area contributed by atoms with Crippen molar-refractivity contribution < 1.29 is 56.7 Å². The van der Waals surface area contributed by atoms with E-state index in [1.54, 1.807) is 28.0 Å². The Labute approximate surface area is 695 Å². The van der Waals surface area contributed by atoms with E-state index in [2.05, 4.69) is 174 Å². The normalized spacial score (nSPS) is 22.2. The van der Waals surface area contributed by atoms with Crippen molar-refractivity contribution in [3.63, 3.8) is 0 Å². The van der Waals surface area contributed by atoms with Gasteiger partial charge in [0.2, 0.25) is 23.6 Å². The second kappa shape index (κ2) is 36.4. The quantitative estimate of drug-likeness (QED) is 0.0335. The number of imide groups is 2. The Morgan fingerprint density at radius 2 is 0.807 bits per heavy atom. The Kier molecular flexibility index (Phi) is 24.8. The average molecular weight is 1620 g/mol. The molecule has 8 heterocycles. The molecule has 0 saturated carbocycles. The molecule has 9 aromatic carbocycles. The van der Waals surface area contributed by atoms with Crippen molar-refractivity contribution in [3.8, 4) is 11.5 Å².